The molecule has 1 aromatic heterocycles. The Balaban J connectivity index is 1.18. The summed E-state index contributed by atoms with van der Waals surface area (Å²) in [6.07, 6.45) is 2.59. The monoisotopic (exact) mass is 627 g/mol. The maximum absolute atomic E-state index is 13.2. The lowest BCUT2D eigenvalue weighted by Gasteiger charge is -2.22. The number of aromatic nitrogens is 1. The van der Waals surface area contributed by atoms with Gasteiger partial charge in [-0.2, -0.15) is 0 Å². The summed E-state index contributed by atoms with van der Waals surface area (Å²) in [5.74, 6) is -0.0175. The second kappa shape index (κ2) is 16.5. The van der Waals surface area contributed by atoms with E-state index in [0.717, 1.165) is 11.1 Å². The molecule has 1 atom stereocenters. The van der Waals surface area contributed by atoms with Crippen LogP contribution in [0.1, 0.15) is 44.0 Å². The predicted octanol–water partition coefficient (Wildman–Crippen LogP) is 6.62. The number of ether oxygens (including phenoxy) is 2. The van der Waals surface area contributed by atoms with Gasteiger partial charge in [0.15, 0.2) is 5.78 Å². The minimum absolute atomic E-state index is 0.125. The lowest BCUT2D eigenvalue weighted by Crippen LogP contribution is -2.33. The van der Waals surface area contributed by atoms with Crippen LogP contribution in [0.3, 0.4) is 0 Å². The van der Waals surface area contributed by atoms with Crippen molar-refractivity contribution in [2.24, 2.45) is 0 Å². The minimum atomic E-state index is -0.719. The van der Waals surface area contributed by atoms with Gasteiger partial charge < -0.3 is 19.7 Å². The minimum Gasteiger partial charge on any atom is -0.494 e. The molecule has 238 valence electrons. The number of esters is 1. The highest BCUT2D eigenvalue weighted by atomic mass is 16.5. The molecule has 0 bridgehead atoms. The van der Waals surface area contributed by atoms with Gasteiger partial charge in [-0.15, -0.1) is 0 Å². The van der Waals surface area contributed by atoms with Crippen molar-refractivity contribution < 1.29 is 23.9 Å². The molecule has 1 amide bonds. The Labute approximate surface area is 275 Å². The first-order chi connectivity index (χ1) is 23.0. The number of carbonyl (C=O) groups is 3. The van der Waals surface area contributed by atoms with Gasteiger partial charge in [-0.1, -0.05) is 91.0 Å². The van der Waals surface area contributed by atoms with Gasteiger partial charge in [0.25, 0.3) is 5.91 Å². The van der Waals surface area contributed by atoms with Gasteiger partial charge in [-0.3, -0.25) is 14.6 Å². The highest BCUT2D eigenvalue weighted by Crippen LogP contribution is 2.22. The van der Waals surface area contributed by atoms with E-state index in [1.165, 1.54) is 7.11 Å². The van der Waals surface area contributed by atoms with Crippen LogP contribution in [-0.2, 0) is 22.5 Å². The summed E-state index contributed by atoms with van der Waals surface area (Å²) in [5.41, 5.74) is 3.93. The second-order valence-electron chi connectivity index (χ2n) is 10.9. The molecule has 4 aromatic carbocycles. The van der Waals surface area contributed by atoms with E-state index in [1.807, 2.05) is 84.9 Å². The number of hydrogen-bond donors (Lipinski definition) is 1. The largest absolute Gasteiger partial charge is 0.494 e. The molecule has 8 heteroatoms. The van der Waals surface area contributed by atoms with E-state index in [-0.39, 0.29) is 11.7 Å². The van der Waals surface area contributed by atoms with Crippen molar-refractivity contribution in [3.8, 4) is 5.75 Å². The molecule has 0 spiro atoms. The fraction of sp³-hybridized carbons (Fsp3) is 0.179. The van der Waals surface area contributed by atoms with Crippen molar-refractivity contribution in [2.45, 2.75) is 25.4 Å². The Hall–Kier alpha value is -5.76. The Bertz CT molecular complexity index is 1750. The molecule has 0 aliphatic carbocycles. The second-order valence-corrected chi connectivity index (χ2v) is 10.9. The summed E-state index contributed by atoms with van der Waals surface area (Å²) in [6.45, 7) is 1.40. The third-order valence-corrected chi connectivity index (χ3v) is 7.61. The van der Waals surface area contributed by atoms with Gasteiger partial charge >= 0.3 is 5.97 Å². The average molecular weight is 628 g/mol. The summed E-state index contributed by atoms with van der Waals surface area (Å²) in [4.78, 5) is 45.2. The van der Waals surface area contributed by atoms with Crippen molar-refractivity contribution in [3.05, 3.63) is 162 Å². The molecule has 0 saturated carbocycles. The summed E-state index contributed by atoms with van der Waals surface area (Å²) in [5, 5.41) is 3.24. The van der Waals surface area contributed by atoms with E-state index in [4.69, 9.17) is 9.47 Å². The molecule has 0 aliphatic rings. The maximum Gasteiger partial charge on any atom is 0.328 e. The smallest absolute Gasteiger partial charge is 0.328 e. The Morgan fingerprint density at radius 2 is 1.45 bits per heavy atom. The van der Waals surface area contributed by atoms with Gasteiger partial charge in [0, 0.05) is 42.5 Å². The Morgan fingerprint density at radius 3 is 2.15 bits per heavy atom. The third kappa shape index (κ3) is 9.14. The Kier molecular flexibility index (Phi) is 11.5. The highest BCUT2D eigenvalue weighted by molar-refractivity contribution is 6.12. The number of nitrogens with one attached hydrogen (secondary N) is 1. The van der Waals surface area contributed by atoms with Gasteiger partial charge in [-0.05, 0) is 53.9 Å². The number of benzene rings is 4. The van der Waals surface area contributed by atoms with Crippen LogP contribution >= 0.6 is 0 Å². The van der Waals surface area contributed by atoms with E-state index >= 15 is 0 Å². The van der Waals surface area contributed by atoms with Crippen LogP contribution in [0, 0.1) is 0 Å². The topological polar surface area (TPSA) is 97.8 Å². The molecular formula is C39H37N3O5. The number of nitrogens with zero attached hydrogens (tertiary/aromatic N) is 2. The number of pyridine rings is 1. The van der Waals surface area contributed by atoms with Gasteiger partial charge in [0.05, 0.1) is 13.7 Å². The van der Waals surface area contributed by atoms with E-state index in [1.54, 1.807) is 53.6 Å². The lowest BCUT2D eigenvalue weighted by atomic mass is 10.00. The summed E-state index contributed by atoms with van der Waals surface area (Å²) >= 11 is 0. The molecule has 0 fully saturated rings. The summed E-state index contributed by atoms with van der Waals surface area (Å²) < 4.78 is 11.1. The normalized spacial score (nSPS) is 11.3. The average Bonchev–Trinajstić information content (AvgIpc) is 3.13. The highest BCUT2D eigenvalue weighted by Gasteiger charge is 2.23. The lowest BCUT2D eigenvalue weighted by molar-refractivity contribution is -0.141. The number of rotatable bonds is 15. The van der Waals surface area contributed by atoms with E-state index in [2.05, 4.69) is 10.3 Å². The fourth-order valence-corrected chi connectivity index (χ4v) is 5.19. The molecule has 1 heterocycles. The summed E-state index contributed by atoms with van der Waals surface area (Å²) in [7, 11) is 1.35. The SMILES string of the molecule is COC(=O)C(Cc1ccc(OCCCN(Cc2ccccc2)C(=O)c2ccccn2)cc1)Nc1ccccc1C(=O)c1ccccc1. The van der Waals surface area contributed by atoms with Gasteiger partial charge in [0.1, 0.15) is 17.5 Å². The van der Waals surface area contributed by atoms with Crippen LogP contribution in [0.5, 0.6) is 5.75 Å². The maximum atomic E-state index is 13.2. The zero-order valence-electron chi connectivity index (χ0n) is 26.3. The Morgan fingerprint density at radius 1 is 0.766 bits per heavy atom. The third-order valence-electron chi connectivity index (χ3n) is 7.61. The van der Waals surface area contributed by atoms with Gasteiger partial charge in [-0.25, -0.2) is 4.79 Å². The standard InChI is InChI=1S/C39H37N3O5/c1-46-39(45)36(41-34-18-9-8-17-33(34)37(43)31-15-6-3-7-16-31)27-29-20-22-32(23-21-29)47-26-12-25-42(28-30-13-4-2-5-14-30)38(44)35-19-10-11-24-40-35/h2-11,13-24,36,41H,12,25-28H2,1H3. The zero-order chi connectivity index (χ0) is 32.8. The number of carbonyl (C=O) groups excluding carboxylic acids is 3. The van der Waals surface area contributed by atoms with Crippen LogP contribution in [-0.4, -0.2) is 53.8 Å². The number of ketones is 1. The van der Waals surface area contributed by atoms with Crippen LogP contribution in [0.15, 0.2) is 134 Å². The fourth-order valence-electron chi connectivity index (χ4n) is 5.19. The molecule has 5 aromatic rings. The first-order valence-electron chi connectivity index (χ1n) is 15.5. The molecule has 0 aliphatic heterocycles. The number of para-hydroxylation sites is 1. The molecular weight excluding hydrogens is 590 g/mol. The molecule has 0 radical (unpaired) electrons. The van der Waals surface area contributed by atoms with Crippen molar-refractivity contribution in [2.75, 3.05) is 25.6 Å². The number of amides is 1. The van der Waals surface area contributed by atoms with Crippen LogP contribution in [0.4, 0.5) is 5.69 Å². The molecule has 5 rings (SSSR count). The van der Waals surface area contributed by atoms with Crippen LogP contribution < -0.4 is 10.1 Å². The summed E-state index contributed by atoms with van der Waals surface area (Å²) in [6, 6.07) is 38.2. The molecule has 1 N–H and O–H groups in total. The molecule has 47 heavy (non-hydrogen) atoms. The van der Waals surface area contributed by atoms with Crippen LogP contribution in [0.2, 0.25) is 0 Å². The van der Waals surface area contributed by atoms with Crippen molar-refractivity contribution in [1.82, 2.24) is 9.88 Å². The van der Waals surface area contributed by atoms with Crippen molar-refractivity contribution in [3.63, 3.8) is 0 Å². The molecule has 1 unspecified atom stereocenters. The van der Waals surface area contributed by atoms with E-state index in [9.17, 15) is 14.4 Å². The van der Waals surface area contributed by atoms with Crippen molar-refractivity contribution >= 4 is 23.3 Å². The van der Waals surface area contributed by atoms with Crippen LogP contribution in [0.25, 0.3) is 0 Å². The van der Waals surface area contributed by atoms with Crippen molar-refractivity contribution in [1.29, 1.82) is 0 Å². The first kappa shape index (κ1) is 32.6. The first-order valence-corrected chi connectivity index (χ1v) is 15.5. The number of hydrogen-bond acceptors (Lipinski definition) is 7. The quantitative estimate of drug-likeness (QED) is 0.0792. The predicted molar refractivity (Wildman–Crippen MR) is 181 cm³/mol. The van der Waals surface area contributed by atoms with Gasteiger partial charge in [0.2, 0.25) is 0 Å². The number of methoxy groups -OCH3 is 1. The zero-order valence-corrected chi connectivity index (χ0v) is 26.3. The number of anilines is 1. The molecule has 8 nitrogen and oxygen atoms in total. The van der Waals surface area contributed by atoms with E-state index in [0.29, 0.717) is 60.8 Å². The molecule has 0 saturated heterocycles. The van der Waals surface area contributed by atoms with E-state index < -0.39 is 12.0 Å².